The number of nitrogens with one attached hydrogen (secondary N) is 3. The number of fused-ring (bicyclic) bond motifs is 2. The third kappa shape index (κ3) is 4.89. The lowest BCUT2D eigenvalue weighted by Gasteiger charge is -2.16. The standard InChI is InChI=1S/C29H26FN7O2/c1-15(2)7-26(39)33-19-9-17(13-31-14-19)22-3-4-24-28(35-22)29(37-36-24)25-12-21-23(34-25)5-6-32-27(21)16-8-18(30)11-20(38)10-16/h3-6,8-15,26,33-34,38-39H,7H2,1-2H3,(H,36,37). The number of benzene rings is 1. The van der Waals surface area contributed by atoms with Crippen molar-refractivity contribution in [1.29, 1.82) is 0 Å². The SMILES string of the molecule is CC(C)CC(O)Nc1cncc(-c2ccc3[nH]nc(-c4cc5c(-c6cc(O)cc(F)c6)nccc5[nH]4)c3n2)c1. The maximum absolute atomic E-state index is 14.0. The van der Waals surface area contributed by atoms with Gasteiger partial charge in [-0.1, -0.05) is 13.8 Å². The molecule has 9 nitrogen and oxygen atoms in total. The molecule has 0 saturated heterocycles. The minimum atomic E-state index is -0.671. The number of aliphatic hydroxyl groups is 1. The summed E-state index contributed by atoms with van der Waals surface area (Å²) >= 11 is 0. The molecule has 0 spiro atoms. The maximum Gasteiger partial charge on any atom is 0.135 e. The number of phenolic OH excluding ortho intramolecular Hbond substituents is 1. The van der Waals surface area contributed by atoms with Crippen LogP contribution in [0.15, 0.2) is 67.1 Å². The Labute approximate surface area is 222 Å². The number of anilines is 1. The summed E-state index contributed by atoms with van der Waals surface area (Å²) in [6, 6.07) is 13.3. The average molecular weight is 524 g/mol. The highest BCUT2D eigenvalue weighted by Gasteiger charge is 2.17. The second-order valence-electron chi connectivity index (χ2n) is 9.92. The lowest BCUT2D eigenvalue weighted by atomic mass is 10.1. The Balaban J connectivity index is 1.38. The molecule has 5 N–H and O–H groups in total. The number of aromatic nitrogens is 6. The van der Waals surface area contributed by atoms with Crippen LogP contribution in [0.1, 0.15) is 20.3 Å². The molecule has 196 valence electrons. The second-order valence-corrected chi connectivity index (χ2v) is 9.92. The highest BCUT2D eigenvalue weighted by atomic mass is 19.1. The Morgan fingerprint density at radius 1 is 0.974 bits per heavy atom. The fourth-order valence-corrected chi connectivity index (χ4v) is 4.73. The molecular weight excluding hydrogens is 497 g/mol. The van der Waals surface area contributed by atoms with Gasteiger partial charge in [0, 0.05) is 40.5 Å². The summed E-state index contributed by atoms with van der Waals surface area (Å²) in [6.45, 7) is 4.11. The van der Waals surface area contributed by atoms with Crippen molar-refractivity contribution in [1.82, 2.24) is 30.1 Å². The van der Waals surface area contributed by atoms with Gasteiger partial charge in [0.1, 0.15) is 29.0 Å². The Hall–Kier alpha value is -4.83. The Morgan fingerprint density at radius 3 is 2.67 bits per heavy atom. The van der Waals surface area contributed by atoms with E-state index in [1.807, 2.05) is 30.3 Å². The van der Waals surface area contributed by atoms with Gasteiger partial charge in [-0.25, -0.2) is 9.37 Å². The van der Waals surface area contributed by atoms with E-state index in [4.69, 9.17) is 4.98 Å². The summed E-state index contributed by atoms with van der Waals surface area (Å²) in [5.41, 5.74) is 6.73. The number of pyridine rings is 3. The molecule has 0 amide bonds. The molecule has 0 bridgehead atoms. The third-order valence-electron chi connectivity index (χ3n) is 6.43. The zero-order valence-corrected chi connectivity index (χ0v) is 21.3. The molecule has 0 aliphatic rings. The van der Waals surface area contributed by atoms with Gasteiger partial charge in [-0.15, -0.1) is 0 Å². The van der Waals surface area contributed by atoms with E-state index in [1.54, 1.807) is 18.6 Å². The molecule has 10 heteroatoms. The van der Waals surface area contributed by atoms with E-state index in [0.717, 1.165) is 28.0 Å². The fraction of sp³-hybridized carbons (Fsp3) is 0.172. The molecule has 0 aliphatic carbocycles. The van der Waals surface area contributed by atoms with Crippen LogP contribution in [-0.2, 0) is 0 Å². The van der Waals surface area contributed by atoms with E-state index in [2.05, 4.69) is 44.3 Å². The first-order valence-electron chi connectivity index (χ1n) is 12.6. The predicted octanol–water partition coefficient (Wildman–Crippen LogP) is 5.85. The molecule has 39 heavy (non-hydrogen) atoms. The van der Waals surface area contributed by atoms with Gasteiger partial charge >= 0.3 is 0 Å². The molecule has 1 aromatic carbocycles. The third-order valence-corrected chi connectivity index (χ3v) is 6.43. The lowest BCUT2D eigenvalue weighted by molar-refractivity contribution is 0.176. The normalized spacial score (nSPS) is 12.4. The molecule has 0 saturated carbocycles. The lowest BCUT2D eigenvalue weighted by Crippen LogP contribution is -2.20. The van der Waals surface area contributed by atoms with Gasteiger partial charge in [0.05, 0.1) is 34.5 Å². The quantitative estimate of drug-likeness (QED) is 0.166. The van der Waals surface area contributed by atoms with Gasteiger partial charge in [0.25, 0.3) is 0 Å². The minimum absolute atomic E-state index is 0.169. The minimum Gasteiger partial charge on any atom is -0.508 e. The summed E-state index contributed by atoms with van der Waals surface area (Å²) in [7, 11) is 0. The van der Waals surface area contributed by atoms with Crippen LogP contribution >= 0.6 is 0 Å². The molecular formula is C29H26FN7O2. The van der Waals surface area contributed by atoms with Crippen molar-refractivity contribution < 1.29 is 14.6 Å². The Morgan fingerprint density at radius 2 is 1.85 bits per heavy atom. The summed E-state index contributed by atoms with van der Waals surface area (Å²) in [6.07, 6.45) is 4.97. The predicted molar refractivity (Wildman–Crippen MR) is 148 cm³/mol. The van der Waals surface area contributed by atoms with E-state index in [1.165, 1.54) is 12.1 Å². The van der Waals surface area contributed by atoms with Crippen LogP contribution in [0.25, 0.3) is 55.8 Å². The van der Waals surface area contributed by atoms with E-state index in [9.17, 15) is 14.6 Å². The molecule has 1 atom stereocenters. The largest absolute Gasteiger partial charge is 0.508 e. The fourth-order valence-electron chi connectivity index (χ4n) is 4.73. The van der Waals surface area contributed by atoms with Crippen molar-refractivity contribution in [2.24, 2.45) is 5.92 Å². The molecule has 5 heterocycles. The van der Waals surface area contributed by atoms with Crippen LogP contribution < -0.4 is 5.32 Å². The number of hydrogen-bond donors (Lipinski definition) is 5. The molecule has 0 fully saturated rings. The summed E-state index contributed by atoms with van der Waals surface area (Å²) in [5.74, 6) is -0.361. The zero-order chi connectivity index (χ0) is 27.1. The van der Waals surface area contributed by atoms with E-state index < -0.39 is 12.0 Å². The van der Waals surface area contributed by atoms with Crippen molar-refractivity contribution >= 4 is 27.6 Å². The number of aliphatic hydroxyl groups excluding tert-OH is 1. The Kier molecular flexibility index (Phi) is 6.16. The monoisotopic (exact) mass is 523 g/mol. The number of aromatic amines is 2. The first-order chi connectivity index (χ1) is 18.8. The molecule has 0 aliphatic heterocycles. The first-order valence-corrected chi connectivity index (χ1v) is 12.6. The van der Waals surface area contributed by atoms with Crippen LogP contribution in [0.2, 0.25) is 0 Å². The van der Waals surface area contributed by atoms with Gasteiger partial charge in [-0.3, -0.25) is 15.1 Å². The van der Waals surface area contributed by atoms with Crippen LogP contribution in [0.3, 0.4) is 0 Å². The number of rotatable bonds is 7. The van der Waals surface area contributed by atoms with Gasteiger partial charge in [0.2, 0.25) is 0 Å². The van der Waals surface area contributed by atoms with Crippen LogP contribution in [0.5, 0.6) is 5.75 Å². The average Bonchev–Trinajstić information content (AvgIpc) is 3.51. The second kappa shape index (κ2) is 9.80. The van der Waals surface area contributed by atoms with Gasteiger partial charge < -0.3 is 20.5 Å². The van der Waals surface area contributed by atoms with Gasteiger partial charge in [-0.05, 0) is 54.8 Å². The van der Waals surface area contributed by atoms with Crippen molar-refractivity contribution in [3.8, 4) is 39.7 Å². The molecule has 6 rings (SSSR count). The van der Waals surface area contributed by atoms with Crippen LogP contribution in [0, 0.1) is 11.7 Å². The number of aromatic hydroxyl groups is 1. The molecule has 0 radical (unpaired) electrons. The van der Waals surface area contributed by atoms with Crippen molar-refractivity contribution in [3.05, 3.63) is 72.9 Å². The van der Waals surface area contributed by atoms with Crippen molar-refractivity contribution in [3.63, 3.8) is 0 Å². The molecule has 5 aromatic heterocycles. The smallest absolute Gasteiger partial charge is 0.135 e. The topological polar surface area (TPSA) is 136 Å². The number of halogens is 1. The molecule has 1 unspecified atom stereocenters. The summed E-state index contributed by atoms with van der Waals surface area (Å²) in [5, 5.41) is 31.6. The maximum atomic E-state index is 14.0. The van der Waals surface area contributed by atoms with E-state index in [0.29, 0.717) is 51.9 Å². The number of phenols is 1. The number of nitrogens with zero attached hydrogens (tertiary/aromatic N) is 4. The number of hydrogen-bond acceptors (Lipinski definition) is 7. The van der Waals surface area contributed by atoms with E-state index in [-0.39, 0.29) is 5.75 Å². The van der Waals surface area contributed by atoms with Gasteiger partial charge in [-0.2, -0.15) is 5.10 Å². The summed E-state index contributed by atoms with van der Waals surface area (Å²) < 4.78 is 14.0. The zero-order valence-electron chi connectivity index (χ0n) is 21.3. The van der Waals surface area contributed by atoms with Crippen molar-refractivity contribution in [2.45, 2.75) is 26.5 Å². The Bertz CT molecular complexity index is 1790. The molecule has 6 aromatic rings. The van der Waals surface area contributed by atoms with Gasteiger partial charge in [0.15, 0.2) is 0 Å². The van der Waals surface area contributed by atoms with Crippen molar-refractivity contribution in [2.75, 3.05) is 5.32 Å². The number of H-pyrrole nitrogens is 2. The van der Waals surface area contributed by atoms with Crippen LogP contribution in [-0.4, -0.2) is 46.6 Å². The summed E-state index contributed by atoms with van der Waals surface area (Å²) in [4.78, 5) is 17.0. The van der Waals surface area contributed by atoms with Crippen LogP contribution in [0.4, 0.5) is 10.1 Å². The van der Waals surface area contributed by atoms with E-state index >= 15 is 0 Å². The highest BCUT2D eigenvalue weighted by molar-refractivity contribution is 5.99. The first kappa shape index (κ1) is 24.5. The highest BCUT2D eigenvalue weighted by Crippen LogP contribution is 2.34.